The molecular weight excluding hydrogens is 566 g/mol. The molecule has 3 aliphatic heterocycles. The van der Waals surface area contributed by atoms with E-state index in [1.54, 1.807) is 0 Å². The van der Waals surface area contributed by atoms with Gasteiger partial charge in [-0.2, -0.15) is 0 Å². The third kappa shape index (κ3) is 4.48. The van der Waals surface area contributed by atoms with Gasteiger partial charge in [0.1, 0.15) is 12.4 Å². The highest BCUT2D eigenvalue weighted by molar-refractivity contribution is 14.1. The minimum atomic E-state index is -0.435. The highest BCUT2D eigenvalue weighted by Gasteiger charge is 2.47. The molecule has 0 aromatic heterocycles. The number of fused-ring (bicyclic) bond motifs is 1. The first-order chi connectivity index (χ1) is 13.1. The van der Waals surface area contributed by atoms with Crippen LogP contribution in [0.15, 0.2) is 12.1 Å². The van der Waals surface area contributed by atoms with Crippen molar-refractivity contribution in [3.05, 3.63) is 24.8 Å². The van der Waals surface area contributed by atoms with Crippen LogP contribution in [-0.4, -0.2) is 61.5 Å². The molecule has 0 bridgehead atoms. The number of carbonyl (C=O) groups is 1. The molecule has 148 valence electrons. The molecule has 0 amide bonds. The molecule has 27 heavy (non-hydrogen) atoms. The van der Waals surface area contributed by atoms with Crippen LogP contribution in [0, 0.1) is 12.6 Å². The van der Waals surface area contributed by atoms with Crippen molar-refractivity contribution in [1.82, 2.24) is 9.80 Å². The highest BCUT2D eigenvalue weighted by atomic mass is 127. The summed E-state index contributed by atoms with van der Waals surface area (Å²) in [6, 6.07) is 4.12. The maximum atomic E-state index is 13.9. The van der Waals surface area contributed by atoms with Crippen molar-refractivity contribution >= 4 is 51.0 Å². The monoisotopic (exact) mass is 594 g/mol. The van der Waals surface area contributed by atoms with E-state index in [2.05, 4.69) is 61.0 Å². The summed E-state index contributed by atoms with van der Waals surface area (Å²) in [5.41, 5.74) is 0.362. The number of Topliss-reactive ketones (excluding diaryl/α,β-unsaturated/α-hetero) is 1. The number of nitrogens with zero attached hydrogens (tertiary/aromatic N) is 2. The molecule has 0 unspecified atom stereocenters. The van der Waals surface area contributed by atoms with E-state index < -0.39 is 5.41 Å². The van der Waals surface area contributed by atoms with Gasteiger partial charge in [0.2, 0.25) is 0 Å². The van der Waals surface area contributed by atoms with Crippen LogP contribution in [0.25, 0.3) is 0 Å². The zero-order chi connectivity index (χ0) is 18.9. The van der Waals surface area contributed by atoms with Gasteiger partial charge in [0.15, 0.2) is 5.78 Å². The minimum absolute atomic E-state index is 0.302. The standard InChI is InChI=1S/C21H28I2N2O2/c22-16-11-17-19(18(23)12-16)27-15-21(20(17)26,13-24-7-3-1-4-8-24)14-25-9-5-2-6-10-25/h11-12H,1-10,13-15H2. The Morgan fingerprint density at radius 3 is 2.00 bits per heavy atom. The third-order valence-electron chi connectivity index (χ3n) is 6.18. The van der Waals surface area contributed by atoms with Gasteiger partial charge in [0.05, 0.1) is 14.5 Å². The van der Waals surface area contributed by atoms with Crippen LogP contribution >= 0.6 is 45.2 Å². The van der Waals surface area contributed by atoms with Gasteiger partial charge in [0.25, 0.3) is 0 Å². The predicted molar refractivity (Wildman–Crippen MR) is 125 cm³/mol. The summed E-state index contributed by atoms with van der Waals surface area (Å²) in [5, 5.41) is 0. The molecule has 1 aromatic carbocycles. The van der Waals surface area contributed by atoms with E-state index >= 15 is 0 Å². The van der Waals surface area contributed by atoms with Crippen LogP contribution in [-0.2, 0) is 0 Å². The second-order valence-electron chi connectivity index (χ2n) is 8.34. The molecule has 2 saturated heterocycles. The Hall–Kier alpha value is 0.0700. The molecule has 0 radical (unpaired) electrons. The molecule has 2 fully saturated rings. The van der Waals surface area contributed by atoms with E-state index in [-0.39, 0.29) is 0 Å². The van der Waals surface area contributed by atoms with Crippen molar-refractivity contribution < 1.29 is 9.53 Å². The van der Waals surface area contributed by atoms with Crippen LogP contribution in [0.1, 0.15) is 48.9 Å². The van der Waals surface area contributed by atoms with E-state index in [4.69, 9.17) is 4.74 Å². The number of likely N-dealkylation sites (tertiary alicyclic amines) is 2. The zero-order valence-electron chi connectivity index (χ0n) is 15.8. The molecular formula is C21H28I2N2O2. The van der Waals surface area contributed by atoms with E-state index in [0.29, 0.717) is 12.4 Å². The third-order valence-corrected chi connectivity index (χ3v) is 7.60. The van der Waals surface area contributed by atoms with Gasteiger partial charge in [-0.1, -0.05) is 12.8 Å². The number of rotatable bonds is 4. The van der Waals surface area contributed by atoms with Crippen LogP contribution in [0.2, 0.25) is 0 Å². The topological polar surface area (TPSA) is 32.8 Å². The van der Waals surface area contributed by atoms with Gasteiger partial charge in [-0.25, -0.2) is 0 Å². The van der Waals surface area contributed by atoms with E-state index in [1.165, 1.54) is 38.5 Å². The summed E-state index contributed by atoms with van der Waals surface area (Å²) in [7, 11) is 0. The number of halogens is 2. The Balaban J connectivity index is 1.65. The fraction of sp³-hybridized carbons (Fsp3) is 0.667. The largest absolute Gasteiger partial charge is 0.491 e. The normalized spacial score (nSPS) is 23.7. The SMILES string of the molecule is O=C1c2cc(I)cc(I)c2OCC1(CN1CCCCC1)CN1CCCCC1. The fourth-order valence-electron chi connectivity index (χ4n) is 4.81. The van der Waals surface area contributed by atoms with Crippen LogP contribution in [0.3, 0.4) is 0 Å². The van der Waals surface area contributed by atoms with Crippen molar-refractivity contribution in [1.29, 1.82) is 0 Å². The predicted octanol–water partition coefficient (Wildman–Crippen LogP) is 4.43. The summed E-state index contributed by atoms with van der Waals surface area (Å²) >= 11 is 4.61. The van der Waals surface area contributed by atoms with E-state index in [0.717, 1.165) is 57.7 Å². The van der Waals surface area contributed by atoms with E-state index in [1.807, 2.05) is 6.07 Å². The molecule has 0 saturated carbocycles. The van der Waals surface area contributed by atoms with Gasteiger partial charge in [-0.15, -0.1) is 0 Å². The van der Waals surface area contributed by atoms with Gasteiger partial charge >= 0.3 is 0 Å². The van der Waals surface area contributed by atoms with Crippen LogP contribution in [0.5, 0.6) is 5.75 Å². The average molecular weight is 594 g/mol. The molecule has 4 nitrogen and oxygen atoms in total. The molecule has 3 aliphatic rings. The summed E-state index contributed by atoms with van der Waals surface area (Å²) in [5.74, 6) is 1.10. The molecule has 6 heteroatoms. The first-order valence-electron chi connectivity index (χ1n) is 10.2. The molecule has 0 spiro atoms. The van der Waals surface area contributed by atoms with Gasteiger partial charge in [-0.05, 0) is 109 Å². The molecule has 1 aromatic rings. The summed E-state index contributed by atoms with van der Waals surface area (Å²) < 4.78 is 8.45. The number of carbonyl (C=O) groups excluding carboxylic acids is 1. The molecule has 0 N–H and O–H groups in total. The second-order valence-corrected chi connectivity index (χ2v) is 10.7. The average Bonchev–Trinajstić information content (AvgIpc) is 2.67. The number of hydrogen-bond acceptors (Lipinski definition) is 4. The Morgan fingerprint density at radius 1 is 0.889 bits per heavy atom. The number of piperidine rings is 2. The number of hydrogen-bond donors (Lipinski definition) is 0. The highest BCUT2D eigenvalue weighted by Crippen LogP contribution is 2.40. The Bertz CT molecular complexity index is 678. The number of ether oxygens (including phenoxy) is 1. The Kier molecular flexibility index (Phi) is 6.66. The van der Waals surface area contributed by atoms with Crippen molar-refractivity contribution in [2.24, 2.45) is 5.41 Å². The van der Waals surface area contributed by atoms with Crippen LogP contribution in [0.4, 0.5) is 0 Å². The quantitative estimate of drug-likeness (QED) is 0.484. The lowest BCUT2D eigenvalue weighted by Crippen LogP contribution is -2.56. The first-order valence-corrected chi connectivity index (χ1v) is 12.3. The summed E-state index contributed by atoms with van der Waals surface area (Å²) in [4.78, 5) is 18.9. The lowest BCUT2D eigenvalue weighted by atomic mass is 9.77. The van der Waals surface area contributed by atoms with Gasteiger partial charge < -0.3 is 14.5 Å². The summed E-state index contributed by atoms with van der Waals surface area (Å²) in [6.07, 6.45) is 7.64. The van der Waals surface area contributed by atoms with Crippen molar-refractivity contribution in [3.8, 4) is 5.75 Å². The van der Waals surface area contributed by atoms with Crippen molar-refractivity contribution in [2.75, 3.05) is 45.9 Å². The lowest BCUT2D eigenvalue weighted by molar-refractivity contribution is 0.0233. The molecule has 0 aliphatic carbocycles. The summed E-state index contributed by atoms with van der Waals surface area (Å²) in [6.45, 7) is 6.66. The van der Waals surface area contributed by atoms with Crippen molar-refractivity contribution in [2.45, 2.75) is 38.5 Å². The molecule has 4 rings (SSSR count). The molecule has 3 heterocycles. The maximum absolute atomic E-state index is 13.9. The smallest absolute Gasteiger partial charge is 0.178 e. The van der Waals surface area contributed by atoms with Gasteiger partial charge in [0, 0.05) is 16.7 Å². The first kappa shape index (κ1) is 20.3. The van der Waals surface area contributed by atoms with Crippen LogP contribution < -0.4 is 4.74 Å². The Morgan fingerprint density at radius 2 is 1.44 bits per heavy atom. The zero-order valence-corrected chi connectivity index (χ0v) is 20.1. The minimum Gasteiger partial charge on any atom is -0.491 e. The number of benzene rings is 1. The van der Waals surface area contributed by atoms with Crippen molar-refractivity contribution in [3.63, 3.8) is 0 Å². The van der Waals surface area contributed by atoms with E-state index in [9.17, 15) is 4.79 Å². The second kappa shape index (κ2) is 8.83. The number of ketones is 1. The fourth-order valence-corrected chi connectivity index (χ4v) is 6.81. The Labute approximate surface area is 189 Å². The van der Waals surface area contributed by atoms with Gasteiger partial charge in [-0.3, -0.25) is 4.79 Å². The lowest BCUT2D eigenvalue weighted by Gasteiger charge is -2.44. The maximum Gasteiger partial charge on any atom is 0.178 e. The molecule has 0 atom stereocenters.